The maximum Gasteiger partial charge on any atom is 0.0553 e. The van der Waals surface area contributed by atoms with Crippen molar-refractivity contribution in [1.29, 1.82) is 0 Å². The van der Waals surface area contributed by atoms with E-state index < -0.39 is 0 Å². The molecule has 0 saturated heterocycles. The Hall–Kier alpha value is -0.830. The van der Waals surface area contributed by atoms with Crippen LogP contribution in [0.2, 0.25) is 0 Å². The van der Waals surface area contributed by atoms with Gasteiger partial charge in [0.15, 0.2) is 0 Å². The van der Waals surface area contributed by atoms with Gasteiger partial charge in [-0.2, -0.15) is 5.10 Å². The van der Waals surface area contributed by atoms with Gasteiger partial charge in [-0.25, -0.2) is 0 Å². The monoisotopic (exact) mass is 221 g/mol. The van der Waals surface area contributed by atoms with Gasteiger partial charge >= 0.3 is 0 Å². The van der Waals surface area contributed by atoms with Crippen molar-refractivity contribution in [2.75, 3.05) is 7.05 Å². The average molecular weight is 221 g/mol. The lowest BCUT2D eigenvalue weighted by Gasteiger charge is -2.18. The minimum absolute atomic E-state index is 0.394. The lowest BCUT2D eigenvalue weighted by atomic mass is 10.0. The highest BCUT2D eigenvalue weighted by Crippen LogP contribution is 2.72. The molecule has 3 nitrogen and oxygen atoms in total. The molecule has 3 heteroatoms. The molecular weight excluding hydrogens is 198 g/mol. The van der Waals surface area contributed by atoms with E-state index in [0.29, 0.717) is 22.8 Å². The Balaban J connectivity index is 2.31. The summed E-state index contributed by atoms with van der Waals surface area (Å²) in [7, 11) is 4.06. The summed E-state index contributed by atoms with van der Waals surface area (Å²) < 4.78 is 1.98. The summed E-state index contributed by atoms with van der Waals surface area (Å²) >= 11 is 0. The first-order valence-electron chi connectivity index (χ1n) is 5.99. The maximum atomic E-state index is 4.27. The first kappa shape index (κ1) is 11.6. The summed E-state index contributed by atoms with van der Waals surface area (Å²) in [6, 6.07) is 2.52. The molecule has 1 aliphatic rings. The summed E-state index contributed by atoms with van der Waals surface area (Å²) in [6.45, 7) is 9.44. The van der Waals surface area contributed by atoms with Gasteiger partial charge in [-0.15, -0.1) is 0 Å². The van der Waals surface area contributed by atoms with E-state index in [9.17, 15) is 0 Å². The Morgan fingerprint density at radius 2 is 1.88 bits per heavy atom. The van der Waals surface area contributed by atoms with Crippen LogP contribution in [0.25, 0.3) is 0 Å². The van der Waals surface area contributed by atoms with Crippen LogP contribution in [-0.4, -0.2) is 16.8 Å². The van der Waals surface area contributed by atoms with Crippen LogP contribution in [0, 0.1) is 16.7 Å². The molecule has 1 fully saturated rings. The number of rotatable bonds is 3. The molecule has 1 unspecified atom stereocenters. The van der Waals surface area contributed by atoms with E-state index in [4.69, 9.17) is 0 Å². The van der Waals surface area contributed by atoms with E-state index in [0.717, 1.165) is 0 Å². The Morgan fingerprint density at radius 3 is 2.19 bits per heavy atom. The van der Waals surface area contributed by atoms with E-state index in [1.165, 1.54) is 5.69 Å². The molecule has 1 heterocycles. The fourth-order valence-electron chi connectivity index (χ4n) is 3.26. The molecule has 0 bridgehead atoms. The number of aryl methyl sites for hydroxylation is 1. The van der Waals surface area contributed by atoms with E-state index in [-0.39, 0.29) is 0 Å². The smallest absolute Gasteiger partial charge is 0.0553 e. The van der Waals surface area contributed by atoms with Gasteiger partial charge in [0, 0.05) is 13.2 Å². The topological polar surface area (TPSA) is 29.9 Å². The van der Waals surface area contributed by atoms with Crippen LogP contribution < -0.4 is 5.32 Å². The van der Waals surface area contributed by atoms with Crippen LogP contribution >= 0.6 is 0 Å². The van der Waals surface area contributed by atoms with Crippen LogP contribution in [0.15, 0.2) is 12.3 Å². The van der Waals surface area contributed by atoms with Crippen molar-refractivity contribution in [2.45, 2.75) is 33.7 Å². The average Bonchev–Trinajstić information content (AvgIpc) is 2.54. The first-order valence-corrected chi connectivity index (χ1v) is 5.99. The van der Waals surface area contributed by atoms with Crippen molar-refractivity contribution in [2.24, 2.45) is 23.8 Å². The van der Waals surface area contributed by atoms with Crippen molar-refractivity contribution >= 4 is 0 Å². The molecule has 0 aliphatic heterocycles. The predicted molar refractivity (Wildman–Crippen MR) is 66.1 cm³/mol. The van der Waals surface area contributed by atoms with Crippen LogP contribution in [0.3, 0.4) is 0 Å². The van der Waals surface area contributed by atoms with Crippen LogP contribution in [0.5, 0.6) is 0 Å². The van der Waals surface area contributed by atoms with Gasteiger partial charge in [-0.05, 0) is 29.9 Å². The van der Waals surface area contributed by atoms with Gasteiger partial charge in [0.05, 0.1) is 11.7 Å². The van der Waals surface area contributed by atoms with E-state index >= 15 is 0 Å². The number of hydrogen-bond donors (Lipinski definition) is 1. The van der Waals surface area contributed by atoms with Crippen LogP contribution in [0.1, 0.15) is 39.4 Å². The number of aromatic nitrogens is 2. The van der Waals surface area contributed by atoms with E-state index in [1.807, 2.05) is 25.0 Å². The molecule has 90 valence electrons. The zero-order valence-electron chi connectivity index (χ0n) is 11.2. The number of nitrogens with zero attached hydrogens (tertiary/aromatic N) is 2. The van der Waals surface area contributed by atoms with Crippen molar-refractivity contribution in [3.8, 4) is 0 Å². The minimum Gasteiger partial charge on any atom is -0.311 e. The van der Waals surface area contributed by atoms with Crippen molar-refractivity contribution in [3.63, 3.8) is 0 Å². The highest BCUT2D eigenvalue weighted by atomic mass is 15.3. The third-order valence-electron chi connectivity index (χ3n) is 4.95. The molecule has 0 radical (unpaired) electrons. The third-order valence-corrected chi connectivity index (χ3v) is 4.95. The zero-order chi connectivity index (χ0) is 12.1. The molecule has 1 aliphatic carbocycles. The maximum absolute atomic E-state index is 4.27. The molecule has 1 saturated carbocycles. The Bertz CT molecular complexity index is 376. The second kappa shape index (κ2) is 3.33. The van der Waals surface area contributed by atoms with Gasteiger partial charge < -0.3 is 5.32 Å². The lowest BCUT2D eigenvalue weighted by Crippen LogP contribution is -2.24. The minimum atomic E-state index is 0.394. The fraction of sp³-hybridized carbons (Fsp3) is 0.769. The largest absolute Gasteiger partial charge is 0.311 e. The summed E-state index contributed by atoms with van der Waals surface area (Å²) in [5, 5.41) is 7.73. The van der Waals surface area contributed by atoms with Gasteiger partial charge in [-0.3, -0.25) is 4.68 Å². The van der Waals surface area contributed by atoms with Crippen LogP contribution in [-0.2, 0) is 7.05 Å². The summed E-state index contributed by atoms with van der Waals surface area (Å²) in [5.74, 6) is 0.667. The van der Waals surface area contributed by atoms with Crippen LogP contribution in [0.4, 0.5) is 0 Å². The highest BCUT2D eigenvalue weighted by Gasteiger charge is 2.67. The predicted octanol–water partition coefficient (Wildman–Crippen LogP) is 2.36. The Kier molecular flexibility index (Phi) is 2.42. The first-order chi connectivity index (χ1) is 7.34. The standard InChI is InChI=1S/C13H23N3/c1-12(2)11(13(12,3)4)10(14-5)9-7-8-15-16(9)6/h7-8,10-11,14H,1-6H3. The molecule has 2 rings (SSSR count). The normalized spacial score (nSPS) is 24.4. The second-order valence-electron chi connectivity index (χ2n) is 6.07. The molecule has 16 heavy (non-hydrogen) atoms. The molecule has 0 spiro atoms. The van der Waals surface area contributed by atoms with E-state index in [2.05, 4.69) is 44.2 Å². The fourth-order valence-corrected chi connectivity index (χ4v) is 3.26. The lowest BCUT2D eigenvalue weighted by molar-refractivity contribution is 0.414. The Labute approximate surface area is 98.2 Å². The quantitative estimate of drug-likeness (QED) is 0.849. The van der Waals surface area contributed by atoms with Gasteiger partial charge in [-0.1, -0.05) is 27.7 Å². The summed E-state index contributed by atoms with van der Waals surface area (Å²) in [6.07, 6.45) is 1.88. The van der Waals surface area contributed by atoms with Crippen molar-refractivity contribution in [1.82, 2.24) is 15.1 Å². The van der Waals surface area contributed by atoms with E-state index in [1.54, 1.807) is 0 Å². The van der Waals surface area contributed by atoms with Crippen molar-refractivity contribution < 1.29 is 0 Å². The second-order valence-corrected chi connectivity index (χ2v) is 6.07. The summed E-state index contributed by atoms with van der Waals surface area (Å²) in [4.78, 5) is 0. The molecule has 0 amide bonds. The molecule has 1 aromatic heterocycles. The third kappa shape index (κ3) is 1.34. The van der Waals surface area contributed by atoms with Gasteiger partial charge in [0.2, 0.25) is 0 Å². The van der Waals surface area contributed by atoms with Gasteiger partial charge in [0.25, 0.3) is 0 Å². The number of nitrogens with one attached hydrogen (secondary N) is 1. The molecule has 1 N–H and O–H groups in total. The highest BCUT2D eigenvalue weighted by molar-refractivity contribution is 5.22. The summed E-state index contributed by atoms with van der Waals surface area (Å²) in [5.41, 5.74) is 2.07. The molecule has 1 aromatic rings. The number of hydrogen-bond acceptors (Lipinski definition) is 2. The molecular formula is C13H23N3. The SMILES string of the molecule is CNC(c1ccnn1C)C1C(C)(C)C1(C)C. The van der Waals surface area contributed by atoms with Gasteiger partial charge in [0.1, 0.15) is 0 Å². The zero-order valence-corrected chi connectivity index (χ0v) is 11.2. The molecule has 0 aromatic carbocycles. The Morgan fingerprint density at radius 1 is 1.31 bits per heavy atom. The van der Waals surface area contributed by atoms with Crippen molar-refractivity contribution in [3.05, 3.63) is 18.0 Å². The molecule has 1 atom stereocenters.